The molecule has 0 saturated carbocycles. The van der Waals surface area contributed by atoms with Crippen molar-refractivity contribution in [2.24, 2.45) is 0 Å². The molecular weight excluding hydrogens is 401 g/mol. The average molecular weight is 431 g/mol. The smallest absolute Gasteiger partial charge is 0.416 e. The fraction of sp³-hybridized carbons (Fsp3) is 0.360. The van der Waals surface area contributed by atoms with Crippen LogP contribution >= 0.6 is 0 Å². The van der Waals surface area contributed by atoms with Crippen molar-refractivity contribution in [3.05, 3.63) is 71.9 Å². The van der Waals surface area contributed by atoms with Gasteiger partial charge in [0.05, 0.1) is 17.7 Å². The second-order valence-corrected chi connectivity index (χ2v) is 7.88. The number of alkyl halides is 3. The zero-order chi connectivity index (χ0) is 22.6. The minimum Gasteiger partial charge on any atom is -0.494 e. The molecule has 3 rings (SSSR count). The van der Waals surface area contributed by atoms with Gasteiger partial charge in [-0.2, -0.15) is 13.2 Å². The highest BCUT2D eigenvalue weighted by Crippen LogP contribution is 2.33. The van der Waals surface area contributed by atoms with Gasteiger partial charge >= 0.3 is 6.18 Å². The Kier molecular flexibility index (Phi) is 7.11. The van der Waals surface area contributed by atoms with Crippen LogP contribution in [0.1, 0.15) is 29.7 Å². The van der Waals surface area contributed by atoms with Crippen molar-refractivity contribution >= 4 is 10.9 Å². The van der Waals surface area contributed by atoms with Gasteiger partial charge in [0.15, 0.2) is 0 Å². The van der Waals surface area contributed by atoms with Crippen molar-refractivity contribution in [3.63, 3.8) is 0 Å². The SMILES string of the molecule is C=CCN(C)CCCCOc1ccc2c(c1)c(C)c(C)n2-c1ccc(C(F)(F)F)cc1. The van der Waals surface area contributed by atoms with E-state index in [4.69, 9.17) is 4.74 Å². The summed E-state index contributed by atoms with van der Waals surface area (Å²) in [5, 5.41) is 1.04. The van der Waals surface area contributed by atoms with E-state index in [9.17, 15) is 13.2 Å². The topological polar surface area (TPSA) is 17.4 Å². The molecule has 0 radical (unpaired) electrons. The summed E-state index contributed by atoms with van der Waals surface area (Å²) < 4.78 is 46.6. The molecule has 31 heavy (non-hydrogen) atoms. The Morgan fingerprint density at radius 2 is 1.77 bits per heavy atom. The second-order valence-electron chi connectivity index (χ2n) is 7.88. The van der Waals surface area contributed by atoms with Gasteiger partial charge in [-0.05, 0) is 88.3 Å². The van der Waals surface area contributed by atoms with E-state index in [-0.39, 0.29) is 0 Å². The first-order valence-electron chi connectivity index (χ1n) is 10.4. The molecule has 3 nitrogen and oxygen atoms in total. The molecule has 0 aliphatic heterocycles. The quantitative estimate of drug-likeness (QED) is 0.283. The second kappa shape index (κ2) is 9.60. The molecule has 3 aromatic rings. The lowest BCUT2D eigenvalue weighted by molar-refractivity contribution is -0.137. The Morgan fingerprint density at radius 1 is 1.06 bits per heavy atom. The number of hydrogen-bond acceptors (Lipinski definition) is 2. The number of ether oxygens (including phenoxy) is 1. The number of likely N-dealkylation sites (N-methyl/N-ethyl adjacent to an activating group) is 1. The summed E-state index contributed by atoms with van der Waals surface area (Å²) in [7, 11) is 2.07. The van der Waals surface area contributed by atoms with Gasteiger partial charge in [0.25, 0.3) is 0 Å². The van der Waals surface area contributed by atoms with E-state index in [0.717, 1.165) is 66.0 Å². The lowest BCUT2D eigenvalue weighted by atomic mass is 10.1. The molecule has 2 aromatic carbocycles. The van der Waals surface area contributed by atoms with Gasteiger partial charge < -0.3 is 14.2 Å². The normalized spacial score (nSPS) is 12.0. The molecule has 0 amide bonds. The average Bonchev–Trinajstić information content (AvgIpc) is 2.97. The number of aromatic nitrogens is 1. The molecule has 0 N–H and O–H groups in total. The zero-order valence-corrected chi connectivity index (χ0v) is 18.3. The predicted octanol–water partition coefficient (Wildman–Crippen LogP) is 6.54. The van der Waals surface area contributed by atoms with Gasteiger partial charge in [-0.15, -0.1) is 6.58 Å². The number of rotatable bonds is 9. The minimum absolute atomic E-state index is 0.644. The molecule has 1 heterocycles. The van der Waals surface area contributed by atoms with E-state index < -0.39 is 11.7 Å². The Labute approximate surface area is 181 Å². The number of benzene rings is 2. The maximum Gasteiger partial charge on any atom is 0.416 e. The first kappa shape index (κ1) is 22.9. The van der Waals surface area contributed by atoms with E-state index >= 15 is 0 Å². The summed E-state index contributed by atoms with van der Waals surface area (Å²) in [5.41, 5.74) is 3.10. The van der Waals surface area contributed by atoms with Crippen LogP contribution in [0, 0.1) is 13.8 Å². The molecule has 0 spiro atoms. The third-order valence-electron chi connectivity index (χ3n) is 5.59. The predicted molar refractivity (Wildman–Crippen MR) is 120 cm³/mol. The Morgan fingerprint density at radius 3 is 2.42 bits per heavy atom. The van der Waals surface area contributed by atoms with Crippen LogP contribution in [0.5, 0.6) is 5.75 Å². The molecule has 0 bridgehead atoms. The molecule has 0 unspecified atom stereocenters. The van der Waals surface area contributed by atoms with Gasteiger partial charge in [0, 0.05) is 23.3 Å². The Bertz CT molecular complexity index is 1040. The Balaban J connectivity index is 1.74. The summed E-state index contributed by atoms with van der Waals surface area (Å²) in [5.74, 6) is 0.805. The maximum atomic E-state index is 12.9. The summed E-state index contributed by atoms with van der Waals surface area (Å²) >= 11 is 0. The number of fused-ring (bicyclic) bond motifs is 1. The van der Waals surface area contributed by atoms with Gasteiger partial charge in [-0.1, -0.05) is 6.08 Å². The summed E-state index contributed by atoms with van der Waals surface area (Å²) in [6.45, 7) is 10.3. The summed E-state index contributed by atoms with van der Waals surface area (Å²) in [6.07, 6.45) is -0.429. The first-order valence-corrected chi connectivity index (χ1v) is 10.4. The lowest BCUT2D eigenvalue weighted by Crippen LogP contribution is -2.19. The van der Waals surface area contributed by atoms with Crippen LogP contribution in [0.25, 0.3) is 16.6 Å². The fourth-order valence-electron chi connectivity index (χ4n) is 3.76. The van der Waals surface area contributed by atoms with Crippen LogP contribution in [0.3, 0.4) is 0 Å². The third kappa shape index (κ3) is 5.31. The summed E-state index contributed by atoms with van der Waals surface area (Å²) in [4.78, 5) is 2.22. The zero-order valence-electron chi connectivity index (χ0n) is 18.3. The molecule has 6 heteroatoms. The number of aryl methyl sites for hydroxylation is 1. The van der Waals surface area contributed by atoms with Crippen molar-refractivity contribution in [1.29, 1.82) is 0 Å². The lowest BCUT2D eigenvalue weighted by Gasteiger charge is -2.14. The number of halogens is 3. The van der Waals surface area contributed by atoms with Crippen molar-refractivity contribution in [2.45, 2.75) is 32.9 Å². The maximum absolute atomic E-state index is 12.9. The first-order chi connectivity index (χ1) is 14.7. The number of hydrogen-bond donors (Lipinski definition) is 0. The van der Waals surface area contributed by atoms with Crippen LogP contribution in [-0.4, -0.2) is 36.2 Å². The van der Waals surface area contributed by atoms with E-state index in [1.165, 1.54) is 12.1 Å². The van der Waals surface area contributed by atoms with E-state index in [1.807, 2.05) is 42.7 Å². The molecule has 0 aliphatic rings. The van der Waals surface area contributed by atoms with Crippen molar-refractivity contribution in [1.82, 2.24) is 9.47 Å². The number of nitrogens with zero attached hydrogens (tertiary/aromatic N) is 2. The van der Waals surface area contributed by atoms with Gasteiger partial charge in [-0.3, -0.25) is 0 Å². The van der Waals surface area contributed by atoms with Crippen molar-refractivity contribution in [3.8, 4) is 11.4 Å². The van der Waals surface area contributed by atoms with Crippen LogP contribution in [0.4, 0.5) is 13.2 Å². The molecule has 166 valence electrons. The van der Waals surface area contributed by atoms with Crippen LogP contribution in [-0.2, 0) is 6.18 Å². The molecule has 0 saturated heterocycles. The van der Waals surface area contributed by atoms with Crippen molar-refractivity contribution < 1.29 is 17.9 Å². The monoisotopic (exact) mass is 430 g/mol. The summed E-state index contributed by atoms with van der Waals surface area (Å²) in [6, 6.07) is 11.2. The van der Waals surface area contributed by atoms with Gasteiger partial charge in [-0.25, -0.2) is 0 Å². The van der Waals surface area contributed by atoms with Gasteiger partial charge in [0.1, 0.15) is 5.75 Å². The van der Waals surface area contributed by atoms with Gasteiger partial charge in [0.2, 0.25) is 0 Å². The van der Waals surface area contributed by atoms with E-state index in [0.29, 0.717) is 12.3 Å². The van der Waals surface area contributed by atoms with Crippen LogP contribution < -0.4 is 4.74 Å². The molecule has 0 fully saturated rings. The highest BCUT2D eigenvalue weighted by Gasteiger charge is 2.30. The minimum atomic E-state index is -4.34. The van der Waals surface area contributed by atoms with E-state index in [2.05, 4.69) is 18.5 Å². The molecule has 0 aliphatic carbocycles. The van der Waals surface area contributed by atoms with Crippen LogP contribution in [0.15, 0.2) is 55.1 Å². The molecular formula is C25H29F3N2O. The largest absolute Gasteiger partial charge is 0.494 e. The van der Waals surface area contributed by atoms with Crippen molar-refractivity contribution in [2.75, 3.05) is 26.7 Å². The standard InChI is InChI=1S/C25H29F3N2O/c1-5-14-29(4)15-6-7-16-31-22-12-13-24-23(17-22)18(2)19(3)30(24)21-10-8-20(9-11-21)25(26,27)28/h5,8-13,17H,1,6-7,14-16H2,2-4H3. The van der Waals surface area contributed by atoms with Crippen LogP contribution in [0.2, 0.25) is 0 Å². The molecule has 0 atom stereocenters. The number of unbranched alkanes of at least 4 members (excludes halogenated alkanes) is 1. The third-order valence-corrected chi connectivity index (χ3v) is 5.59. The molecule has 1 aromatic heterocycles. The highest BCUT2D eigenvalue weighted by molar-refractivity contribution is 5.88. The fourth-order valence-corrected chi connectivity index (χ4v) is 3.76. The highest BCUT2D eigenvalue weighted by atomic mass is 19.4. The Hall–Kier alpha value is -2.73. The van der Waals surface area contributed by atoms with E-state index in [1.54, 1.807) is 0 Å².